The summed E-state index contributed by atoms with van der Waals surface area (Å²) in [6.07, 6.45) is 0.995. The molecule has 0 heterocycles. The zero-order valence-electron chi connectivity index (χ0n) is 11.9. The van der Waals surface area contributed by atoms with Gasteiger partial charge in [-0.2, -0.15) is 0 Å². The Morgan fingerprint density at radius 3 is 2.30 bits per heavy atom. The topological polar surface area (TPSA) is 38.7 Å². The molecule has 0 unspecified atom stereocenters. The molecule has 2 aromatic rings. The maximum absolute atomic E-state index is 9.09. The molecule has 3 heteroatoms. The highest BCUT2D eigenvalue weighted by Gasteiger charge is 2.03. The van der Waals surface area contributed by atoms with E-state index < -0.39 is 0 Å². The Labute approximate surface area is 119 Å². The van der Waals surface area contributed by atoms with E-state index in [0.29, 0.717) is 0 Å². The van der Waals surface area contributed by atoms with Gasteiger partial charge in [0.1, 0.15) is 17.2 Å². The molecule has 1 N–H and O–H groups in total. The average molecular weight is 272 g/mol. The quantitative estimate of drug-likeness (QED) is 0.861. The molecule has 2 aromatic carbocycles. The normalized spacial score (nSPS) is 10.3. The molecular formula is C17H20O3. The Kier molecular flexibility index (Phi) is 5.02. The molecular weight excluding hydrogens is 252 g/mol. The highest BCUT2D eigenvalue weighted by Crippen LogP contribution is 2.27. The molecule has 0 saturated heterocycles. The van der Waals surface area contributed by atoms with Crippen molar-refractivity contribution in [2.24, 2.45) is 0 Å². The van der Waals surface area contributed by atoms with Crippen molar-refractivity contribution in [2.75, 3.05) is 6.61 Å². The van der Waals surface area contributed by atoms with Crippen molar-refractivity contribution in [3.8, 4) is 17.2 Å². The van der Waals surface area contributed by atoms with Gasteiger partial charge >= 0.3 is 0 Å². The summed E-state index contributed by atoms with van der Waals surface area (Å²) in [7, 11) is 0. The van der Waals surface area contributed by atoms with Crippen LogP contribution in [-0.2, 0) is 6.61 Å². The van der Waals surface area contributed by atoms with Crippen LogP contribution in [0.5, 0.6) is 17.2 Å². The van der Waals surface area contributed by atoms with Crippen molar-refractivity contribution >= 4 is 0 Å². The molecule has 0 atom stereocenters. The number of rotatable bonds is 6. The molecule has 0 aliphatic carbocycles. The molecule has 2 rings (SSSR count). The summed E-state index contributed by atoms with van der Waals surface area (Å²) in [5, 5.41) is 9.09. The Hall–Kier alpha value is -2.00. The zero-order chi connectivity index (χ0) is 14.4. The van der Waals surface area contributed by atoms with Crippen LogP contribution in [0, 0.1) is 6.92 Å². The average Bonchev–Trinajstić information content (AvgIpc) is 2.48. The second-order valence-corrected chi connectivity index (χ2v) is 4.68. The van der Waals surface area contributed by atoms with Gasteiger partial charge < -0.3 is 14.6 Å². The van der Waals surface area contributed by atoms with E-state index in [1.165, 1.54) is 0 Å². The highest BCUT2D eigenvalue weighted by molar-refractivity contribution is 5.40. The standard InChI is InChI=1S/C17H20O3/c1-3-10-19-15-5-7-16(8-6-15)20-17-9-4-14(12-18)11-13(17)2/h4-9,11,18H,3,10,12H2,1-2H3. The summed E-state index contributed by atoms with van der Waals surface area (Å²) in [4.78, 5) is 0. The molecule has 0 aromatic heterocycles. The molecule has 0 aliphatic rings. The molecule has 0 saturated carbocycles. The number of aliphatic hydroxyl groups excluding tert-OH is 1. The SMILES string of the molecule is CCCOc1ccc(Oc2ccc(CO)cc2C)cc1. The maximum atomic E-state index is 9.09. The van der Waals surface area contributed by atoms with E-state index in [1.54, 1.807) is 0 Å². The second kappa shape index (κ2) is 6.96. The van der Waals surface area contributed by atoms with Crippen LogP contribution < -0.4 is 9.47 Å². The fraction of sp³-hybridized carbons (Fsp3) is 0.294. The lowest BCUT2D eigenvalue weighted by atomic mass is 10.1. The van der Waals surface area contributed by atoms with E-state index in [9.17, 15) is 0 Å². The first-order valence-electron chi connectivity index (χ1n) is 6.84. The Morgan fingerprint density at radius 2 is 1.70 bits per heavy atom. The maximum Gasteiger partial charge on any atom is 0.130 e. The number of aryl methyl sites for hydroxylation is 1. The van der Waals surface area contributed by atoms with Crippen molar-refractivity contribution in [1.29, 1.82) is 0 Å². The summed E-state index contributed by atoms with van der Waals surface area (Å²) < 4.78 is 11.4. The van der Waals surface area contributed by atoms with Crippen molar-refractivity contribution < 1.29 is 14.6 Å². The van der Waals surface area contributed by atoms with Gasteiger partial charge in [-0.3, -0.25) is 0 Å². The third-order valence-corrected chi connectivity index (χ3v) is 2.95. The molecule has 0 amide bonds. The number of benzene rings is 2. The third-order valence-electron chi connectivity index (χ3n) is 2.95. The van der Waals surface area contributed by atoms with E-state index in [-0.39, 0.29) is 6.61 Å². The molecule has 0 fully saturated rings. The van der Waals surface area contributed by atoms with Gasteiger partial charge in [-0.15, -0.1) is 0 Å². The van der Waals surface area contributed by atoms with Crippen LogP contribution in [0.15, 0.2) is 42.5 Å². The van der Waals surface area contributed by atoms with Gasteiger partial charge in [0.05, 0.1) is 13.2 Å². The van der Waals surface area contributed by atoms with Crippen molar-refractivity contribution in [3.05, 3.63) is 53.6 Å². The lowest BCUT2D eigenvalue weighted by Crippen LogP contribution is -1.95. The van der Waals surface area contributed by atoms with Gasteiger partial charge in [0.25, 0.3) is 0 Å². The fourth-order valence-electron chi connectivity index (χ4n) is 1.88. The highest BCUT2D eigenvalue weighted by atomic mass is 16.5. The van der Waals surface area contributed by atoms with Crippen LogP contribution in [0.3, 0.4) is 0 Å². The molecule has 0 bridgehead atoms. The lowest BCUT2D eigenvalue weighted by molar-refractivity contribution is 0.281. The molecule has 3 nitrogen and oxygen atoms in total. The summed E-state index contributed by atoms with van der Waals surface area (Å²) in [5.41, 5.74) is 1.89. The smallest absolute Gasteiger partial charge is 0.130 e. The molecule has 0 aliphatic heterocycles. The van der Waals surface area contributed by atoms with Gasteiger partial charge in [-0.25, -0.2) is 0 Å². The van der Waals surface area contributed by atoms with Gasteiger partial charge in [-0.05, 0) is 54.8 Å². The van der Waals surface area contributed by atoms with Crippen LogP contribution in [0.1, 0.15) is 24.5 Å². The van der Waals surface area contributed by atoms with E-state index in [1.807, 2.05) is 49.4 Å². The van der Waals surface area contributed by atoms with Crippen LogP contribution in [-0.4, -0.2) is 11.7 Å². The summed E-state index contributed by atoms with van der Waals surface area (Å²) in [6.45, 7) is 4.82. The predicted octanol–water partition coefficient (Wildman–Crippen LogP) is 4.07. The molecule has 0 radical (unpaired) electrons. The van der Waals surface area contributed by atoms with Crippen molar-refractivity contribution in [3.63, 3.8) is 0 Å². The predicted molar refractivity (Wildman–Crippen MR) is 79.4 cm³/mol. The first-order valence-corrected chi connectivity index (χ1v) is 6.84. The van der Waals surface area contributed by atoms with E-state index in [0.717, 1.165) is 41.4 Å². The summed E-state index contributed by atoms with van der Waals surface area (Å²) >= 11 is 0. The zero-order valence-corrected chi connectivity index (χ0v) is 11.9. The number of ether oxygens (including phenoxy) is 2. The van der Waals surface area contributed by atoms with E-state index in [4.69, 9.17) is 14.6 Å². The van der Waals surface area contributed by atoms with Gasteiger partial charge in [0, 0.05) is 0 Å². The minimum atomic E-state index is 0.0462. The molecule has 106 valence electrons. The molecule has 0 spiro atoms. The summed E-state index contributed by atoms with van der Waals surface area (Å²) in [6, 6.07) is 13.3. The fourth-order valence-corrected chi connectivity index (χ4v) is 1.88. The Balaban J connectivity index is 2.06. The first-order chi connectivity index (χ1) is 9.72. The second-order valence-electron chi connectivity index (χ2n) is 4.68. The van der Waals surface area contributed by atoms with Crippen LogP contribution in [0.25, 0.3) is 0 Å². The minimum absolute atomic E-state index is 0.0462. The van der Waals surface area contributed by atoms with Crippen LogP contribution >= 0.6 is 0 Å². The minimum Gasteiger partial charge on any atom is -0.494 e. The monoisotopic (exact) mass is 272 g/mol. The number of hydrogen-bond donors (Lipinski definition) is 1. The number of hydrogen-bond acceptors (Lipinski definition) is 3. The lowest BCUT2D eigenvalue weighted by Gasteiger charge is -2.10. The van der Waals surface area contributed by atoms with Crippen LogP contribution in [0.2, 0.25) is 0 Å². The van der Waals surface area contributed by atoms with E-state index in [2.05, 4.69) is 6.92 Å². The van der Waals surface area contributed by atoms with Crippen molar-refractivity contribution in [2.45, 2.75) is 26.9 Å². The number of aliphatic hydroxyl groups is 1. The van der Waals surface area contributed by atoms with Crippen LogP contribution in [0.4, 0.5) is 0 Å². The van der Waals surface area contributed by atoms with Crippen molar-refractivity contribution in [1.82, 2.24) is 0 Å². The first kappa shape index (κ1) is 14.4. The van der Waals surface area contributed by atoms with Gasteiger partial charge in [0.2, 0.25) is 0 Å². The van der Waals surface area contributed by atoms with E-state index >= 15 is 0 Å². The summed E-state index contributed by atoms with van der Waals surface area (Å²) in [5.74, 6) is 2.42. The largest absolute Gasteiger partial charge is 0.494 e. The Morgan fingerprint density at radius 1 is 1.00 bits per heavy atom. The Bertz CT molecular complexity index is 547. The third kappa shape index (κ3) is 3.75. The van der Waals surface area contributed by atoms with Gasteiger partial charge in [0.15, 0.2) is 0 Å². The van der Waals surface area contributed by atoms with Gasteiger partial charge in [-0.1, -0.05) is 19.1 Å². The molecule has 20 heavy (non-hydrogen) atoms.